The molecule has 1 aromatic rings. The van der Waals surface area contributed by atoms with Crippen molar-refractivity contribution in [2.75, 3.05) is 6.54 Å². The van der Waals surface area contributed by atoms with E-state index in [2.05, 4.69) is 10.0 Å². The molecule has 0 saturated heterocycles. The van der Waals surface area contributed by atoms with Crippen molar-refractivity contribution < 1.29 is 23.4 Å². The van der Waals surface area contributed by atoms with Crippen LogP contribution in [-0.4, -0.2) is 22.9 Å². The van der Waals surface area contributed by atoms with E-state index in [0.717, 1.165) is 12.1 Å². The Hall–Kier alpha value is -1.47. The van der Waals surface area contributed by atoms with Crippen molar-refractivity contribution >= 4 is 11.6 Å². The van der Waals surface area contributed by atoms with Crippen LogP contribution in [0.3, 0.4) is 0 Å². The first kappa shape index (κ1) is 16.6. The Bertz CT molecular complexity index is 518. The molecule has 0 fully saturated rings. The molecule has 0 aliphatic rings. The normalized spacial score (nSPS) is 14.5. The zero-order valence-electron chi connectivity index (χ0n) is 10.0. The maximum atomic E-state index is 12.4. The molecule has 2 N–H and O–H groups in total. The summed E-state index contributed by atoms with van der Waals surface area (Å²) in [6.07, 6.45) is -7.33. The summed E-state index contributed by atoms with van der Waals surface area (Å²) in [5, 5.41) is 22.3. The summed E-state index contributed by atoms with van der Waals surface area (Å²) in [5.41, 5.74) is 7.11. The Kier molecular flexibility index (Phi) is 5.64. The standard InChI is InChI=1S/C11H11ClF3N3O2/c12-8-5-6(11(13,14)15)1-2-7(8)10(20)9(19)3-4-17-18-16/h1-2,5,9-10,19-20H,3-4H2. The summed E-state index contributed by atoms with van der Waals surface area (Å²) >= 11 is 5.68. The smallest absolute Gasteiger partial charge is 0.390 e. The first-order valence-corrected chi connectivity index (χ1v) is 5.88. The second kappa shape index (κ2) is 6.81. The summed E-state index contributed by atoms with van der Waals surface area (Å²) < 4.78 is 37.3. The van der Waals surface area contributed by atoms with Gasteiger partial charge in [-0.15, -0.1) is 0 Å². The summed E-state index contributed by atoms with van der Waals surface area (Å²) in [5.74, 6) is 0. The van der Waals surface area contributed by atoms with E-state index in [-0.39, 0.29) is 23.6 Å². The zero-order valence-corrected chi connectivity index (χ0v) is 10.8. The van der Waals surface area contributed by atoms with Crippen LogP contribution in [0.4, 0.5) is 13.2 Å². The molecular weight excluding hydrogens is 299 g/mol. The van der Waals surface area contributed by atoms with Crippen molar-refractivity contribution in [1.29, 1.82) is 0 Å². The Balaban J connectivity index is 2.88. The third-order valence-electron chi connectivity index (χ3n) is 2.60. The number of hydrogen-bond donors (Lipinski definition) is 2. The average Bonchev–Trinajstić information content (AvgIpc) is 2.37. The second-order valence-corrected chi connectivity index (χ2v) is 4.40. The van der Waals surface area contributed by atoms with Gasteiger partial charge in [-0.2, -0.15) is 13.2 Å². The van der Waals surface area contributed by atoms with Gasteiger partial charge in [0.2, 0.25) is 0 Å². The molecule has 0 saturated carbocycles. The number of rotatable bonds is 5. The third kappa shape index (κ3) is 4.28. The van der Waals surface area contributed by atoms with Gasteiger partial charge in [0.15, 0.2) is 0 Å². The molecule has 0 heterocycles. The summed E-state index contributed by atoms with van der Waals surface area (Å²) in [4.78, 5) is 2.48. The van der Waals surface area contributed by atoms with Gasteiger partial charge >= 0.3 is 6.18 Å². The van der Waals surface area contributed by atoms with Crippen LogP contribution < -0.4 is 0 Å². The van der Waals surface area contributed by atoms with Gasteiger partial charge in [-0.1, -0.05) is 22.8 Å². The quantitative estimate of drug-likeness (QED) is 0.495. The highest BCUT2D eigenvalue weighted by molar-refractivity contribution is 6.31. The number of nitrogens with zero attached hydrogens (tertiary/aromatic N) is 3. The lowest BCUT2D eigenvalue weighted by molar-refractivity contribution is -0.137. The van der Waals surface area contributed by atoms with Crippen LogP contribution >= 0.6 is 11.6 Å². The fourth-order valence-corrected chi connectivity index (χ4v) is 1.84. The summed E-state index contributed by atoms with van der Waals surface area (Å²) in [6, 6.07) is 2.46. The first-order chi connectivity index (χ1) is 9.27. The van der Waals surface area contributed by atoms with E-state index < -0.39 is 23.9 Å². The maximum absolute atomic E-state index is 12.4. The van der Waals surface area contributed by atoms with E-state index >= 15 is 0 Å². The lowest BCUT2D eigenvalue weighted by atomic mass is 10.0. The Morgan fingerprint density at radius 1 is 1.35 bits per heavy atom. The van der Waals surface area contributed by atoms with Crippen LogP contribution in [-0.2, 0) is 6.18 Å². The minimum atomic E-state index is -4.53. The van der Waals surface area contributed by atoms with Crippen molar-refractivity contribution in [3.63, 3.8) is 0 Å². The van der Waals surface area contributed by atoms with E-state index in [0.29, 0.717) is 6.07 Å². The van der Waals surface area contributed by atoms with Crippen LogP contribution in [0, 0.1) is 0 Å². The molecule has 0 bridgehead atoms. The number of azide groups is 1. The molecule has 2 unspecified atom stereocenters. The molecule has 0 aromatic heterocycles. The van der Waals surface area contributed by atoms with E-state index in [1.165, 1.54) is 0 Å². The molecule has 2 atom stereocenters. The third-order valence-corrected chi connectivity index (χ3v) is 2.93. The van der Waals surface area contributed by atoms with Crippen LogP contribution in [0.2, 0.25) is 5.02 Å². The van der Waals surface area contributed by atoms with Crippen LogP contribution in [0.25, 0.3) is 10.4 Å². The zero-order chi connectivity index (χ0) is 15.3. The highest BCUT2D eigenvalue weighted by Crippen LogP contribution is 2.34. The predicted octanol–water partition coefficient (Wildman–Crippen LogP) is 3.45. The number of aliphatic hydroxyl groups is 2. The van der Waals surface area contributed by atoms with Gasteiger partial charge in [0.05, 0.1) is 11.7 Å². The second-order valence-electron chi connectivity index (χ2n) is 3.99. The van der Waals surface area contributed by atoms with Crippen LogP contribution in [0.15, 0.2) is 23.3 Å². The van der Waals surface area contributed by atoms with Gasteiger partial charge in [-0.05, 0) is 24.1 Å². The lowest BCUT2D eigenvalue weighted by Gasteiger charge is -2.19. The summed E-state index contributed by atoms with van der Waals surface area (Å²) in [7, 11) is 0. The van der Waals surface area contributed by atoms with Gasteiger partial charge in [0, 0.05) is 22.0 Å². The number of alkyl halides is 3. The fourth-order valence-electron chi connectivity index (χ4n) is 1.54. The molecule has 0 aliphatic carbocycles. The molecule has 1 rings (SSSR count). The molecule has 20 heavy (non-hydrogen) atoms. The lowest BCUT2D eigenvalue weighted by Crippen LogP contribution is -2.19. The molecular formula is C11H11ClF3N3O2. The van der Waals surface area contributed by atoms with Crippen molar-refractivity contribution in [2.24, 2.45) is 5.11 Å². The molecule has 0 radical (unpaired) electrons. The molecule has 110 valence electrons. The Morgan fingerprint density at radius 3 is 2.50 bits per heavy atom. The fraction of sp³-hybridized carbons (Fsp3) is 0.455. The highest BCUT2D eigenvalue weighted by atomic mass is 35.5. The Labute approximate surface area is 117 Å². The van der Waals surface area contributed by atoms with E-state index in [4.69, 9.17) is 17.1 Å². The minimum absolute atomic E-state index is 0.0203. The Morgan fingerprint density at radius 2 is 2.00 bits per heavy atom. The van der Waals surface area contributed by atoms with Crippen molar-refractivity contribution in [2.45, 2.75) is 24.8 Å². The van der Waals surface area contributed by atoms with Gasteiger partial charge in [0.25, 0.3) is 0 Å². The topological polar surface area (TPSA) is 89.2 Å². The number of benzene rings is 1. The van der Waals surface area contributed by atoms with E-state index in [1.807, 2.05) is 0 Å². The molecule has 0 amide bonds. The first-order valence-electron chi connectivity index (χ1n) is 5.51. The van der Waals surface area contributed by atoms with Gasteiger partial charge < -0.3 is 10.2 Å². The van der Waals surface area contributed by atoms with E-state index in [9.17, 15) is 23.4 Å². The van der Waals surface area contributed by atoms with Gasteiger partial charge in [-0.3, -0.25) is 0 Å². The molecule has 5 nitrogen and oxygen atoms in total. The van der Waals surface area contributed by atoms with Crippen molar-refractivity contribution in [3.05, 3.63) is 44.8 Å². The van der Waals surface area contributed by atoms with E-state index in [1.54, 1.807) is 0 Å². The number of hydrogen-bond acceptors (Lipinski definition) is 3. The number of aliphatic hydroxyl groups excluding tert-OH is 2. The molecule has 9 heteroatoms. The molecule has 0 spiro atoms. The highest BCUT2D eigenvalue weighted by Gasteiger charge is 2.31. The SMILES string of the molecule is [N-]=[N+]=NCCC(O)C(O)c1ccc(C(F)(F)F)cc1Cl. The number of halogens is 4. The average molecular weight is 310 g/mol. The largest absolute Gasteiger partial charge is 0.416 e. The van der Waals surface area contributed by atoms with Gasteiger partial charge in [-0.25, -0.2) is 0 Å². The predicted molar refractivity (Wildman–Crippen MR) is 66.1 cm³/mol. The molecule has 0 aliphatic heterocycles. The monoisotopic (exact) mass is 309 g/mol. The van der Waals surface area contributed by atoms with Crippen LogP contribution in [0.1, 0.15) is 23.7 Å². The maximum Gasteiger partial charge on any atom is 0.416 e. The van der Waals surface area contributed by atoms with Gasteiger partial charge in [0.1, 0.15) is 6.10 Å². The van der Waals surface area contributed by atoms with Crippen LogP contribution in [0.5, 0.6) is 0 Å². The molecule has 1 aromatic carbocycles. The van der Waals surface area contributed by atoms with Crippen molar-refractivity contribution in [3.8, 4) is 0 Å². The minimum Gasteiger partial charge on any atom is -0.390 e. The van der Waals surface area contributed by atoms with Crippen molar-refractivity contribution in [1.82, 2.24) is 0 Å². The summed E-state index contributed by atoms with van der Waals surface area (Å²) in [6.45, 7) is -0.0486.